The summed E-state index contributed by atoms with van der Waals surface area (Å²) in [5, 5.41) is 2.29. The van der Waals surface area contributed by atoms with Gasteiger partial charge in [0.15, 0.2) is 5.13 Å². The largest absolute Gasteiger partial charge is 0.274 e. The highest BCUT2D eigenvalue weighted by atomic mass is 32.1. The van der Waals surface area contributed by atoms with Crippen molar-refractivity contribution in [3.8, 4) is 0 Å². The van der Waals surface area contributed by atoms with Crippen LogP contribution in [0.2, 0.25) is 0 Å². The number of carbonyl (C=O) groups is 3. The standard InChI is InChI=1S/C28H21N3O3S/c1-18-9-8-12-22(15-18)31-26(33)24-14-7-6-13-23(24)25(27(31)34)16-20-17-35-28(29-20)30(19(2)32)21-10-4-3-5-11-21/h3-17H,1-2H3/b25-16-. The molecular weight excluding hydrogens is 458 g/mol. The second-order valence-corrected chi connectivity index (χ2v) is 8.97. The summed E-state index contributed by atoms with van der Waals surface area (Å²) >= 11 is 1.31. The number of thiazole rings is 1. The summed E-state index contributed by atoms with van der Waals surface area (Å²) in [6.45, 7) is 3.40. The maximum atomic E-state index is 13.6. The summed E-state index contributed by atoms with van der Waals surface area (Å²) in [6.07, 6.45) is 1.68. The first-order valence-electron chi connectivity index (χ1n) is 11.0. The molecule has 6 nitrogen and oxygen atoms in total. The fraction of sp³-hybridized carbons (Fsp3) is 0.0714. The number of imide groups is 1. The molecule has 4 aromatic rings. The Morgan fingerprint density at radius 2 is 1.63 bits per heavy atom. The average Bonchev–Trinajstić information content (AvgIpc) is 3.30. The van der Waals surface area contributed by atoms with Gasteiger partial charge < -0.3 is 0 Å². The molecule has 0 fully saturated rings. The number of hydrogen-bond donors (Lipinski definition) is 0. The van der Waals surface area contributed by atoms with E-state index in [2.05, 4.69) is 4.98 Å². The number of hydrogen-bond acceptors (Lipinski definition) is 5. The molecule has 0 aliphatic carbocycles. The van der Waals surface area contributed by atoms with Crippen LogP contribution in [0.4, 0.5) is 16.5 Å². The number of aryl methyl sites for hydroxylation is 1. The second kappa shape index (κ2) is 9.12. The summed E-state index contributed by atoms with van der Waals surface area (Å²) in [6, 6.07) is 23.6. The van der Waals surface area contributed by atoms with E-state index in [9.17, 15) is 14.4 Å². The van der Waals surface area contributed by atoms with E-state index < -0.39 is 5.91 Å². The minimum atomic E-state index is -0.416. The van der Waals surface area contributed by atoms with Crippen molar-refractivity contribution in [1.29, 1.82) is 0 Å². The summed E-state index contributed by atoms with van der Waals surface area (Å²) in [5.41, 5.74) is 4.09. The molecule has 1 aromatic heterocycles. The lowest BCUT2D eigenvalue weighted by atomic mass is 9.92. The summed E-state index contributed by atoms with van der Waals surface area (Å²) in [5.74, 6) is -0.945. The Morgan fingerprint density at radius 1 is 0.914 bits per heavy atom. The first-order valence-corrected chi connectivity index (χ1v) is 11.9. The summed E-state index contributed by atoms with van der Waals surface area (Å²) in [4.78, 5) is 46.7. The number of rotatable bonds is 4. The van der Waals surface area contributed by atoms with Crippen molar-refractivity contribution in [2.75, 3.05) is 9.80 Å². The maximum Gasteiger partial charge on any atom is 0.266 e. The second-order valence-electron chi connectivity index (χ2n) is 8.13. The third-order valence-electron chi connectivity index (χ3n) is 5.67. The average molecular weight is 480 g/mol. The highest BCUT2D eigenvalue weighted by Crippen LogP contribution is 2.35. The zero-order valence-corrected chi connectivity index (χ0v) is 20.0. The lowest BCUT2D eigenvalue weighted by Gasteiger charge is -2.28. The molecule has 1 aliphatic heterocycles. The molecule has 0 atom stereocenters. The summed E-state index contributed by atoms with van der Waals surface area (Å²) in [7, 11) is 0. The Labute approximate surface area is 206 Å². The third-order valence-corrected chi connectivity index (χ3v) is 6.51. The Hall–Kier alpha value is -4.36. The first kappa shape index (κ1) is 22.4. The van der Waals surface area contributed by atoms with Gasteiger partial charge in [0.25, 0.3) is 11.8 Å². The van der Waals surface area contributed by atoms with E-state index in [4.69, 9.17) is 0 Å². The highest BCUT2D eigenvalue weighted by molar-refractivity contribution is 7.14. The van der Waals surface area contributed by atoms with Crippen molar-refractivity contribution in [3.63, 3.8) is 0 Å². The molecule has 0 N–H and O–H groups in total. The van der Waals surface area contributed by atoms with E-state index in [0.29, 0.717) is 38.9 Å². The van der Waals surface area contributed by atoms with Crippen LogP contribution in [0.25, 0.3) is 11.6 Å². The van der Waals surface area contributed by atoms with Crippen LogP contribution in [0.3, 0.4) is 0 Å². The predicted octanol–water partition coefficient (Wildman–Crippen LogP) is 5.86. The number of amides is 3. The number of nitrogens with zero attached hydrogens (tertiary/aromatic N) is 3. The number of aromatic nitrogens is 1. The van der Waals surface area contributed by atoms with E-state index >= 15 is 0 Å². The number of benzene rings is 3. The van der Waals surface area contributed by atoms with Gasteiger partial charge in [-0.15, -0.1) is 11.3 Å². The summed E-state index contributed by atoms with van der Waals surface area (Å²) < 4.78 is 0. The fourth-order valence-electron chi connectivity index (χ4n) is 4.09. The van der Waals surface area contributed by atoms with E-state index in [1.807, 2.05) is 55.5 Å². The van der Waals surface area contributed by atoms with Gasteiger partial charge in [0.1, 0.15) is 0 Å². The molecule has 2 heterocycles. The predicted molar refractivity (Wildman–Crippen MR) is 139 cm³/mol. The number of anilines is 3. The molecule has 0 bridgehead atoms. The van der Waals surface area contributed by atoms with Crippen molar-refractivity contribution in [1.82, 2.24) is 4.98 Å². The van der Waals surface area contributed by atoms with Crippen LogP contribution < -0.4 is 9.80 Å². The van der Waals surface area contributed by atoms with Crippen molar-refractivity contribution >= 4 is 57.2 Å². The van der Waals surface area contributed by atoms with Crippen LogP contribution in [-0.4, -0.2) is 22.7 Å². The number of fused-ring (bicyclic) bond motifs is 1. The molecule has 35 heavy (non-hydrogen) atoms. The molecular formula is C28H21N3O3S. The molecule has 0 saturated heterocycles. The highest BCUT2D eigenvalue weighted by Gasteiger charge is 2.36. The van der Waals surface area contributed by atoms with Crippen LogP contribution in [-0.2, 0) is 9.59 Å². The van der Waals surface area contributed by atoms with Crippen LogP contribution in [0.1, 0.15) is 34.1 Å². The Bertz CT molecular complexity index is 1490. The zero-order chi connectivity index (χ0) is 24.5. The molecule has 3 amide bonds. The smallest absolute Gasteiger partial charge is 0.266 e. The van der Waals surface area contributed by atoms with Gasteiger partial charge in [-0.1, -0.05) is 48.5 Å². The van der Waals surface area contributed by atoms with Gasteiger partial charge in [0.2, 0.25) is 5.91 Å². The topological polar surface area (TPSA) is 70.6 Å². The molecule has 0 unspecified atom stereocenters. The first-order chi connectivity index (χ1) is 16.9. The van der Waals surface area contributed by atoms with Gasteiger partial charge in [0.05, 0.1) is 22.6 Å². The third kappa shape index (κ3) is 4.18. The van der Waals surface area contributed by atoms with Crippen LogP contribution in [0.5, 0.6) is 0 Å². The molecule has 1 aliphatic rings. The van der Waals surface area contributed by atoms with Gasteiger partial charge in [0, 0.05) is 23.4 Å². The van der Waals surface area contributed by atoms with Crippen molar-refractivity contribution in [2.24, 2.45) is 0 Å². The SMILES string of the molecule is CC(=O)N(c1ccccc1)c1nc(/C=C2\C(=O)N(c3cccc(C)c3)C(=O)c3ccccc32)cs1. The molecule has 172 valence electrons. The lowest BCUT2D eigenvalue weighted by Crippen LogP contribution is -2.41. The van der Waals surface area contributed by atoms with Gasteiger partial charge in [-0.2, -0.15) is 0 Å². The number of carbonyl (C=O) groups excluding carboxylic acids is 3. The molecule has 0 spiro atoms. The minimum absolute atomic E-state index is 0.167. The van der Waals surface area contributed by atoms with Gasteiger partial charge in [-0.3, -0.25) is 19.3 Å². The van der Waals surface area contributed by atoms with E-state index in [0.717, 1.165) is 5.56 Å². The van der Waals surface area contributed by atoms with Crippen molar-refractivity contribution in [3.05, 3.63) is 107 Å². The van der Waals surface area contributed by atoms with Crippen molar-refractivity contribution < 1.29 is 14.4 Å². The Kier molecular flexibility index (Phi) is 5.84. The quantitative estimate of drug-likeness (QED) is 0.271. The molecule has 5 rings (SSSR count). The monoisotopic (exact) mass is 479 g/mol. The van der Waals surface area contributed by atoms with Gasteiger partial charge in [-0.05, 0) is 48.9 Å². The van der Waals surface area contributed by atoms with E-state index in [-0.39, 0.29) is 11.8 Å². The van der Waals surface area contributed by atoms with Crippen molar-refractivity contribution in [2.45, 2.75) is 13.8 Å². The lowest BCUT2D eigenvalue weighted by molar-refractivity contribution is -0.116. The van der Waals surface area contributed by atoms with Crippen LogP contribution in [0.15, 0.2) is 84.2 Å². The molecule has 0 radical (unpaired) electrons. The fourth-order valence-corrected chi connectivity index (χ4v) is 4.94. The molecule has 7 heteroatoms. The van der Waals surface area contributed by atoms with E-state index in [1.54, 1.807) is 41.8 Å². The van der Waals surface area contributed by atoms with Crippen LogP contribution in [0, 0.1) is 6.92 Å². The van der Waals surface area contributed by atoms with Gasteiger partial charge in [-0.25, -0.2) is 9.88 Å². The molecule has 3 aromatic carbocycles. The Morgan fingerprint density at radius 3 is 2.34 bits per heavy atom. The van der Waals surface area contributed by atoms with Gasteiger partial charge >= 0.3 is 0 Å². The molecule has 0 saturated carbocycles. The number of para-hydroxylation sites is 1. The van der Waals surface area contributed by atoms with Crippen LogP contribution >= 0.6 is 11.3 Å². The zero-order valence-electron chi connectivity index (χ0n) is 19.1. The maximum absolute atomic E-state index is 13.6. The normalized spacial score (nSPS) is 14.2. The minimum Gasteiger partial charge on any atom is -0.274 e. The Balaban J connectivity index is 1.59. The van der Waals surface area contributed by atoms with E-state index in [1.165, 1.54) is 28.1 Å².